The molecular formula is C28H29N5O3. The SMILES string of the molecule is [C-]#[N+]c1cccc(CN2CCC3(CC2)CN(c2cccc4c2CN(C2CCC(=O)NC2=O)C4=O)C3)c1. The lowest BCUT2D eigenvalue weighted by atomic mass is 9.71. The molecule has 0 aromatic heterocycles. The van der Waals surface area contributed by atoms with Crippen molar-refractivity contribution in [2.24, 2.45) is 5.41 Å². The second-order valence-electron chi connectivity index (χ2n) is 10.6. The number of carbonyl (C=O) groups excluding carboxylic acids is 3. The number of amides is 3. The summed E-state index contributed by atoms with van der Waals surface area (Å²) in [5, 5.41) is 2.38. The van der Waals surface area contributed by atoms with Crippen LogP contribution >= 0.6 is 0 Å². The van der Waals surface area contributed by atoms with Crippen molar-refractivity contribution in [1.29, 1.82) is 0 Å². The first-order chi connectivity index (χ1) is 17.4. The number of nitrogens with one attached hydrogen (secondary N) is 1. The minimum absolute atomic E-state index is 0.118. The van der Waals surface area contributed by atoms with Crippen LogP contribution in [0.5, 0.6) is 0 Å². The van der Waals surface area contributed by atoms with Gasteiger partial charge in [-0.1, -0.05) is 30.3 Å². The van der Waals surface area contributed by atoms with Crippen LogP contribution in [-0.4, -0.2) is 59.7 Å². The van der Waals surface area contributed by atoms with Gasteiger partial charge in [-0.05, 0) is 50.0 Å². The van der Waals surface area contributed by atoms with E-state index in [1.165, 1.54) is 5.56 Å². The molecule has 4 aliphatic rings. The van der Waals surface area contributed by atoms with Gasteiger partial charge in [-0.25, -0.2) is 4.85 Å². The monoisotopic (exact) mass is 483 g/mol. The molecule has 8 nitrogen and oxygen atoms in total. The number of fused-ring (bicyclic) bond motifs is 1. The number of imide groups is 1. The lowest BCUT2D eigenvalue weighted by Gasteiger charge is -2.55. The van der Waals surface area contributed by atoms with E-state index in [0.717, 1.165) is 56.8 Å². The molecule has 36 heavy (non-hydrogen) atoms. The maximum Gasteiger partial charge on any atom is 0.255 e. The first kappa shape index (κ1) is 22.7. The van der Waals surface area contributed by atoms with Crippen LogP contribution in [-0.2, 0) is 22.7 Å². The molecule has 3 fully saturated rings. The van der Waals surface area contributed by atoms with Crippen LogP contribution < -0.4 is 10.2 Å². The van der Waals surface area contributed by atoms with Gasteiger partial charge in [0.1, 0.15) is 6.04 Å². The van der Waals surface area contributed by atoms with Gasteiger partial charge in [-0.3, -0.25) is 24.6 Å². The van der Waals surface area contributed by atoms with Crippen LogP contribution in [0.3, 0.4) is 0 Å². The second-order valence-corrected chi connectivity index (χ2v) is 10.6. The third-order valence-corrected chi connectivity index (χ3v) is 8.31. The highest BCUT2D eigenvalue weighted by molar-refractivity contribution is 6.06. The Morgan fingerprint density at radius 1 is 1.06 bits per heavy atom. The lowest BCUT2D eigenvalue weighted by Crippen LogP contribution is -2.60. The molecule has 1 spiro atoms. The molecule has 1 unspecified atom stereocenters. The first-order valence-electron chi connectivity index (χ1n) is 12.6. The van der Waals surface area contributed by atoms with Crippen molar-refractivity contribution in [3.63, 3.8) is 0 Å². The minimum Gasteiger partial charge on any atom is -0.370 e. The van der Waals surface area contributed by atoms with E-state index < -0.39 is 6.04 Å². The van der Waals surface area contributed by atoms with Crippen molar-refractivity contribution in [2.45, 2.75) is 44.8 Å². The zero-order valence-electron chi connectivity index (χ0n) is 20.2. The summed E-state index contributed by atoms with van der Waals surface area (Å²) in [6.07, 6.45) is 2.93. The summed E-state index contributed by atoms with van der Waals surface area (Å²) < 4.78 is 0. The Balaban J connectivity index is 1.09. The Morgan fingerprint density at radius 3 is 2.58 bits per heavy atom. The fourth-order valence-corrected chi connectivity index (χ4v) is 6.28. The molecular weight excluding hydrogens is 454 g/mol. The molecule has 184 valence electrons. The van der Waals surface area contributed by atoms with E-state index in [0.29, 0.717) is 29.6 Å². The standard InChI is InChI=1S/C28H29N5O3/c1-29-20-5-2-4-19(14-20)15-31-12-10-28(11-13-31)17-32(18-28)23-7-3-6-21-22(23)16-33(27(21)36)24-8-9-25(34)30-26(24)35/h2-7,14,24H,8-13,15-18H2,(H,30,34,35). The number of piperidine rings is 2. The molecule has 4 aliphatic heterocycles. The Kier molecular flexibility index (Phi) is 5.53. The average molecular weight is 484 g/mol. The first-order valence-corrected chi connectivity index (χ1v) is 12.6. The summed E-state index contributed by atoms with van der Waals surface area (Å²) in [6, 6.07) is 13.2. The van der Waals surface area contributed by atoms with Crippen molar-refractivity contribution in [2.75, 3.05) is 31.1 Å². The molecule has 0 aliphatic carbocycles. The Hall–Kier alpha value is -3.70. The van der Waals surface area contributed by atoms with Gasteiger partial charge in [-0.15, -0.1) is 0 Å². The van der Waals surface area contributed by atoms with Gasteiger partial charge in [-0.2, -0.15) is 0 Å². The second kappa shape index (κ2) is 8.75. The molecule has 0 radical (unpaired) electrons. The van der Waals surface area contributed by atoms with Gasteiger partial charge < -0.3 is 9.80 Å². The largest absolute Gasteiger partial charge is 0.370 e. The van der Waals surface area contributed by atoms with Crippen LogP contribution in [0, 0.1) is 12.0 Å². The average Bonchev–Trinajstić information content (AvgIpc) is 3.20. The number of hydrogen-bond acceptors (Lipinski definition) is 5. The molecule has 2 aromatic rings. The number of hydrogen-bond donors (Lipinski definition) is 1. The smallest absolute Gasteiger partial charge is 0.255 e. The van der Waals surface area contributed by atoms with E-state index in [9.17, 15) is 14.4 Å². The number of nitrogens with zero attached hydrogens (tertiary/aromatic N) is 4. The van der Waals surface area contributed by atoms with Crippen LogP contribution in [0.15, 0.2) is 42.5 Å². The van der Waals surface area contributed by atoms with Crippen LogP contribution in [0.1, 0.15) is 47.2 Å². The van der Waals surface area contributed by atoms with Gasteiger partial charge in [0.15, 0.2) is 5.69 Å². The summed E-state index contributed by atoms with van der Waals surface area (Å²) >= 11 is 0. The molecule has 6 rings (SSSR count). The van der Waals surface area contributed by atoms with E-state index in [1.807, 2.05) is 30.3 Å². The summed E-state index contributed by atoms with van der Waals surface area (Å²) in [4.78, 5) is 47.1. The van der Waals surface area contributed by atoms with Gasteiger partial charge in [0.25, 0.3) is 5.91 Å². The Bertz CT molecular complexity index is 1280. The van der Waals surface area contributed by atoms with E-state index in [-0.39, 0.29) is 24.1 Å². The van der Waals surface area contributed by atoms with Crippen molar-refractivity contribution in [3.8, 4) is 0 Å². The number of anilines is 1. The molecule has 4 heterocycles. The van der Waals surface area contributed by atoms with Crippen LogP contribution in [0.4, 0.5) is 11.4 Å². The summed E-state index contributed by atoms with van der Waals surface area (Å²) in [6.45, 7) is 12.6. The highest BCUT2D eigenvalue weighted by Crippen LogP contribution is 2.45. The zero-order chi connectivity index (χ0) is 24.9. The fourth-order valence-electron chi connectivity index (χ4n) is 6.28. The molecule has 3 amide bonds. The van der Waals surface area contributed by atoms with E-state index in [4.69, 9.17) is 6.57 Å². The summed E-state index contributed by atoms with van der Waals surface area (Å²) in [5.74, 6) is -0.758. The number of likely N-dealkylation sites (tertiary alicyclic amines) is 1. The molecule has 1 atom stereocenters. The van der Waals surface area contributed by atoms with E-state index in [2.05, 4.69) is 32.1 Å². The van der Waals surface area contributed by atoms with Crippen LogP contribution in [0.2, 0.25) is 0 Å². The van der Waals surface area contributed by atoms with Crippen LogP contribution in [0.25, 0.3) is 4.85 Å². The summed E-state index contributed by atoms with van der Waals surface area (Å²) in [5.41, 5.74) is 4.97. The van der Waals surface area contributed by atoms with Crippen molar-refractivity contribution in [1.82, 2.24) is 15.1 Å². The van der Waals surface area contributed by atoms with Gasteiger partial charge in [0.2, 0.25) is 11.8 Å². The third-order valence-electron chi connectivity index (χ3n) is 8.31. The predicted molar refractivity (Wildman–Crippen MR) is 134 cm³/mol. The normalized spacial score (nSPS) is 23.3. The topological polar surface area (TPSA) is 77.3 Å². The maximum absolute atomic E-state index is 13.1. The number of rotatable bonds is 4. The maximum atomic E-state index is 13.1. The zero-order valence-corrected chi connectivity index (χ0v) is 20.2. The van der Waals surface area contributed by atoms with Crippen molar-refractivity contribution >= 4 is 29.1 Å². The highest BCUT2D eigenvalue weighted by Gasteiger charge is 2.47. The Morgan fingerprint density at radius 2 is 1.83 bits per heavy atom. The van der Waals surface area contributed by atoms with E-state index in [1.54, 1.807) is 4.90 Å². The predicted octanol–water partition coefficient (Wildman–Crippen LogP) is 3.10. The third kappa shape index (κ3) is 3.94. The van der Waals surface area contributed by atoms with Crippen molar-refractivity contribution < 1.29 is 14.4 Å². The van der Waals surface area contributed by atoms with Crippen molar-refractivity contribution in [3.05, 3.63) is 70.6 Å². The minimum atomic E-state index is -0.585. The van der Waals surface area contributed by atoms with E-state index >= 15 is 0 Å². The molecule has 8 heteroatoms. The van der Waals surface area contributed by atoms with Gasteiger partial charge in [0.05, 0.1) is 6.57 Å². The lowest BCUT2D eigenvalue weighted by molar-refractivity contribution is -0.136. The molecule has 0 saturated carbocycles. The fraction of sp³-hybridized carbons (Fsp3) is 0.429. The molecule has 2 aromatic carbocycles. The highest BCUT2D eigenvalue weighted by atomic mass is 16.2. The summed E-state index contributed by atoms with van der Waals surface area (Å²) in [7, 11) is 0. The quantitative estimate of drug-likeness (QED) is 0.534. The Labute approximate surface area is 210 Å². The van der Waals surface area contributed by atoms with Gasteiger partial charge in [0, 0.05) is 54.8 Å². The molecule has 3 saturated heterocycles. The molecule has 1 N–H and O–H groups in total. The number of benzene rings is 2. The van der Waals surface area contributed by atoms with Gasteiger partial charge >= 0.3 is 0 Å². The number of carbonyl (C=O) groups is 3. The molecule has 0 bridgehead atoms.